The minimum Gasteiger partial charge on any atom is -0.481 e. The summed E-state index contributed by atoms with van der Waals surface area (Å²) < 4.78 is 0. The summed E-state index contributed by atoms with van der Waals surface area (Å²) in [5.41, 5.74) is 0.658. The van der Waals surface area contributed by atoms with Crippen LogP contribution >= 0.6 is 0 Å². The van der Waals surface area contributed by atoms with Gasteiger partial charge >= 0.3 is 5.97 Å². The van der Waals surface area contributed by atoms with Crippen LogP contribution in [0.3, 0.4) is 0 Å². The Morgan fingerprint density at radius 1 is 1.50 bits per heavy atom. The highest BCUT2D eigenvalue weighted by molar-refractivity contribution is 5.67. The highest BCUT2D eigenvalue weighted by Gasteiger charge is 1.97. The van der Waals surface area contributed by atoms with Crippen LogP contribution in [-0.4, -0.2) is 16.1 Å². The number of nitrogens with one attached hydrogen (secondary N) is 1. The molecule has 0 fully saturated rings. The van der Waals surface area contributed by atoms with E-state index < -0.39 is 5.97 Å². The second-order valence-electron chi connectivity index (χ2n) is 2.45. The highest BCUT2D eigenvalue weighted by Crippen LogP contribution is 1.97. The number of H-pyrrole nitrogens is 1. The van der Waals surface area contributed by atoms with E-state index >= 15 is 0 Å². The molecule has 0 radical (unpaired) electrons. The number of hydrogen-bond acceptors (Lipinski definition) is 2. The fraction of sp³-hybridized carbons (Fsp3) is 0.250. The fourth-order valence-corrected chi connectivity index (χ4v) is 0.850. The molecule has 0 amide bonds. The van der Waals surface area contributed by atoms with E-state index in [-0.39, 0.29) is 12.0 Å². The summed E-state index contributed by atoms with van der Waals surface area (Å²) >= 11 is 0. The third-order valence-corrected chi connectivity index (χ3v) is 1.48. The highest BCUT2D eigenvalue weighted by atomic mass is 16.4. The minimum absolute atomic E-state index is 0.0893. The van der Waals surface area contributed by atoms with Crippen molar-refractivity contribution in [3.05, 3.63) is 34.2 Å². The molecule has 1 rings (SSSR count). The van der Waals surface area contributed by atoms with Gasteiger partial charge in [-0.2, -0.15) is 0 Å². The molecule has 0 aliphatic carbocycles. The molecular weight excluding hydrogens is 158 g/mol. The van der Waals surface area contributed by atoms with Crippen molar-refractivity contribution >= 4 is 5.97 Å². The van der Waals surface area contributed by atoms with Gasteiger partial charge in [-0.3, -0.25) is 9.59 Å². The van der Waals surface area contributed by atoms with Crippen LogP contribution in [-0.2, 0) is 11.2 Å². The van der Waals surface area contributed by atoms with Gasteiger partial charge in [0.2, 0.25) is 5.56 Å². The van der Waals surface area contributed by atoms with E-state index in [1.165, 1.54) is 12.3 Å². The quantitative estimate of drug-likeness (QED) is 0.684. The summed E-state index contributed by atoms with van der Waals surface area (Å²) in [6, 6.07) is 3.01. The second kappa shape index (κ2) is 3.71. The molecule has 64 valence electrons. The van der Waals surface area contributed by atoms with Crippen molar-refractivity contribution in [3.63, 3.8) is 0 Å². The minimum atomic E-state index is -0.832. The fourth-order valence-electron chi connectivity index (χ4n) is 0.850. The van der Waals surface area contributed by atoms with Gasteiger partial charge in [0.25, 0.3) is 0 Å². The van der Waals surface area contributed by atoms with E-state index in [9.17, 15) is 9.59 Å². The Morgan fingerprint density at radius 2 is 2.25 bits per heavy atom. The van der Waals surface area contributed by atoms with Gasteiger partial charge in [0.05, 0.1) is 0 Å². The van der Waals surface area contributed by atoms with E-state index in [4.69, 9.17) is 5.11 Å². The second-order valence-corrected chi connectivity index (χ2v) is 2.45. The first kappa shape index (κ1) is 8.52. The first-order chi connectivity index (χ1) is 5.68. The predicted molar refractivity (Wildman–Crippen MR) is 43.0 cm³/mol. The Bertz CT molecular complexity index is 309. The van der Waals surface area contributed by atoms with Crippen LogP contribution in [0.2, 0.25) is 0 Å². The predicted octanol–water partition coefficient (Wildman–Crippen LogP) is 0.392. The number of aromatic amines is 1. The van der Waals surface area contributed by atoms with Crippen molar-refractivity contribution in [2.24, 2.45) is 0 Å². The third kappa shape index (κ3) is 2.57. The van der Waals surface area contributed by atoms with E-state index in [0.717, 1.165) is 5.56 Å². The lowest BCUT2D eigenvalue weighted by atomic mass is 10.2. The first-order valence-corrected chi connectivity index (χ1v) is 3.58. The first-order valence-electron chi connectivity index (χ1n) is 3.58. The topological polar surface area (TPSA) is 70.2 Å². The summed E-state index contributed by atoms with van der Waals surface area (Å²) in [6.45, 7) is 0. The van der Waals surface area contributed by atoms with Gasteiger partial charge in [-0.15, -0.1) is 0 Å². The number of aliphatic carboxylic acids is 1. The van der Waals surface area contributed by atoms with E-state index in [2.05, 4.69) is 4.98 Å². The zero-order valence-corrected chi connectivity index (χ0v) is 6.41. The molecule has 12 heavy (non-hydrogen) atoms. The number of carboxylic acid groups (broad SMARTS) is 1. The average molecular weight is 167 g/mol. The summed E-state index contributed by atoms with van der Waals surface area (Å²) in [5.74, 6) is -0.832. The van der Waals surface area contributed by atoms with Gasteiger partial charge in [-0.05, 0) is 12.0 Å². The number of aryl methyl sites for hydroxylation is 1. The van der Waals surface area contributed by atoms with Gasteiger partial charge in [-0.25, -0.2) is 0 Å². The van der Waals surface area contributed by atoms with Crippen molar-refractivity contribution in [2.45, 2.75) is 12.8 Å². The normalized spacial score (nSPS) is 9.67. The molecule has 0 atom stereocenters. The van der Waals surface area contributed by atoms with Crippen LogP contribution in [0.4, 0.5) is 0 Å². The number of pyridine rings is 1. The van der Waals surface area contributed by atoms with Crippen LogP contribution in [0.5, 0.6) is 0 Å². The standard InChI is InChI=1S/C8H9NO3/c10-7-3-1-6(5-9-7)2-4-8(11)12/h1,3,5H,2,4H2,(H,9,10)(H,11,12). The summed E-state index contributed by atoms with van der Waals surface area (Å²) in [7, 11) is 0. The van der Waals surface area contributed by atoms with Crippen LogP contribution in [0.1, 0.15) is 12.0 Å². The number of carbonyl (C=O) groups is 1. The summed E-state index contributed by atoms with van der Waals surface area (Å²) in [5, 5.41) is 8.36. The number of rotatable bonds is 3. The van der Waals surface area contributed by atoms with Crippen molar-refractivity contribution in [3.8, 4) is 0 Å². The van der Waals surface area contributed by atoms with Gasteiger partial charge in [-0.1, -0.05) is 6.07 Å². The van der Waals surface area contributed by atoms with Gasteiger partial charge < -0.3 is 10.1 Å². The number of hydrogen-bond donors (Lipinski definition) is 2. The van der Waals surface area contributed by atoms with Crippen molar-refractivity contribution in [2.75, 3.05) is 0 Å². The Kier molecular flexibility index (Phi) is 2.63. The van der Waals surface area contributed by atoms with Crippen LogP contribution in [0.25, 0.3) is 0 Å². The van der Waals surface area contributed by atoms with Crippen LogP contribution in [0, 0.1) is 0 Å². The molecular formula is C8H9NO3. The molecule has 4 nitrogen and oxygen atoms in total. The Balaban J connectivity index is 2.59. The molecule has 1 aromatic rings. The number of aromatic nitrogens is 1. The molecule has 1 aromatic heterocycles. The molecule has 0 aliphatic rings. The average Bonchev–Trinajstić information content (AvgIpc) is 2.03. The molecule has 1 heterocycles. The molecule has 0 saturated heterocycles. The lowest BCUT2D eigenvalue weighted by molar-refractivity contribution is -0.136. The SMILES string of the molecule is O=C(O)CCc1ccc(=O)[nH]c1. The zero-order chi connectivity index (χ0) is 8.97. The van der Waals surface area contributed by atoms with Crippen molar-refractivity contribution in [1.82, 2.24) is 4.98 Å². The molecule has 2 N–H and O–H groups in total. The maximum absolute atomic E-state index is 10.6. The van der Waals surface area contributed by atoms with Gasteiger partial charge in [0, 0.05) is 18.7 Å². The van der Waals surface area contributed by atoms with Gasteiger partial charge in [0.1, 0.15) is 0 Å². The molecule has 0 spiro atoms. The van der Waals surface area contributed by atoms with E-state index in [1.54, 1.807) is 6.07 Å². The van der Waals surface area contributed by atoms with Crippen molar-refractivity contribution < 1.29 is 9.90 Å². The Labute approximate surface area is 68.9 Å². The Morgan fingerprint density at radius 3 is 2.75 bits per heavy atom. The molecule has 0 saturated carbocycles. The third-order valence-electron chi connectivity index (χ3n) is 1.48. The smallest absolute Gasteiger partial charge is 0.303 e. The Hall–Kier alpha value is -1.58. The monoisotopic (exact) mass is 167 g/mol. The summed E-state index contributed by atoms with van der Waals surface area (Å²) in [6.07, 6.45) is 2.07. The van der Waals surface area contributed by atoms with E-state index in [0.29, 0.717) is 6.42 Å². The molecule has 4 heteroatoms. The molecule has 0 aliphatic heterocycles. The number of carboxylic acids is 1. The zero-order valence-electron chi connectivity index (χ0n) is 6.41. The van der Waals surface area contributed by atoms with E-state index in [1.807, 2.05) is 0 Å². The van der Waals surface area contributed by atoms with Crippen LogP contribution < -0.4 is 5.56 Å². The van der Waals surface area contributed by atoms with Crippen LogP contribution in [0.15, 0.2) is 23.1 Å². The van der Waals surface area contributed by atoms with Crippen molar-refractivity contribution in [1.29, 1.82) is 0 Å². The molecule has 0 unspecified atom stereocenters. The maximum atomic E-state index is 10.6. The maximum Gasteiger partial charge on any atom is 0.303 e. The summed E-state index contributed by atoms with van der Waals surface area (Å²) in [4.78, 5) is 23.2. The van der Waals surface area contributed by atoms with Gasteiger partial charge in [0.15, 0.2) is 0 Å². The molecule has 0 bridgehead atoms. The lowest BCUT2D eigenvalue weighted by Gasteiger charge is -1.95. The molecule has 0 aromatic carbocycles. The largest absolute Gasteiger partial charge is 0.481 e. The lowest BCUT2D eigenvalue weighted by Crippen LogP contribution is -2.04.